The largest absolute Gasteiger partial charge is 0.339 e. The van der Waals surface area contributed by atoms with Crippen LogP contribution in [-0.4, -0.2) is 39.6 Å². The predicted octanol–water partition coefficient (Wildman–Crippen LogP) is 3.16. The molecule has 2 heterocycles. The second kappa shape index (κ2) is 7.78. The fourth-order valence-corrected chi connectivity index (χ4v) is 3.59. The van der Waals surface area contributed by atoms with Crippen molar-refractivity contribution < 1.29 is 9.59 Å². The molecule has 0 atom stereocenters. The fourth-order valence-electron chi connectivity index (χ4n) is 3.59. The molecule has 1 aliphatic rings. The summed E-state index contributed by atoms with van der Waals surface area (Å²) in [4.78, 5) is 26.0. The van der Waals surface area contributed by atoms with Gasteiger partial charge in [-0.1, -0.05) is 12.6 Å². The number of amides is 2. The van der Waals surface area contributed by atoms with E-state index in [0.717, 1.165) is 11.4 Å². The highest BCUT2D eigenvalue weighted by atomic mass is 16.2. The van der Waals surface area contributed by atoms with Gasteiger partial charge in [-0.3, -0.25) is 9.59 Å². The molecule has 1 saturated heterocycles. The first-order valence-corrected chi connectivity index (χ1v) is 9.25. The van der Waals surface area contributed by atoms with Crippen LogP contribution in [-0.2, 0) is 9.59 Å². The Bertz CT molecular complexity index is 856. The third-order valence-electron chi connectivity index (χ3n) is 4.94. The number of rotatable bonds is 4. The highest BCUT2D eigenvalue weighted by Gasteiger charge is 2.27. The first-order chi connectivity index (χ1) is 12.9. The molecule has 0 unspecified atom stereocenters. The van der Waals surface area contributed by atoms with Gasteiger partial charge in [-0.25, -0.2) is 4.68 Å². The molecule has 0 radical (unpaired) electrons. The Balaban J connectivity index is 1.67. The second-order valence-corrected chi connectivity index (χ2v) is 7.22. The van der Waals surface area contributed by atoms with Gasteiger partial charge >= 0.3 is 0 Å². The van der Waals surface area contributed by atoms with Crippen molar-refractivity contribution in [2.24, 2.45) is 5.92 Å². The molecule has 0 saturated carbocycles. The van der Waals surface area contributed by atoms with Crippen LogP contribution < -0.4 is 5.32 Å². The van der Waals surface area contributed by atoms with E-state index in [2.05, 4.69) is 49.0 Å². The van der Waals surface area contributed by atoms with Crippen LogP contribution in [0.5, 0.6) is 0 Å². The van der Waals surface area contributed by atoms with Crippen molar-refractivity contribution in [2.45, 2.75) is 33.6 Å². The van der Waals surface area contributed by atoms with Crippen LogP contribution in [0.2, 0.25) is 0 Å². The number of nitrogens with one attached hydrogen (secondary N) is 1. The molecule has 142 valence electrons. The SMILES string of the molecule is C=CC(=O)N1CCC(C(=O)Nc2cc(C)n(-c3cc(C)cc(C)c3)n2)CC1. The summed E-state index contributed by atoms with van der Waals surface area (Å²) in [6.07, 6.45) is 2.63. The van der Waals surface area contributed by atoms with Crippen molar-refractivity contribution in [3.8, 4) is 5.69 Å². The summed E-state index contributed by atoms with van der Waals surface area (Å²) < 4.78 is 1.85. The number of benzene rings is 1. The molecule has 2 aromatic rings. The minimum absolute atomic E-state index is 0.0363. The maximum Gasteiger partial charge on any atom is 0.245 e. The molecular formula is C21H26N4O2. The fraction of sp³-hybridized carbons (Fsp3) is 0.381. The summed E-state index contributed by atoms with van der Waals surface area (Å²) in [7, 11) is 0. The van der Waals surface area contributed by atoms with E-state index >= 15 is 0 Å². The van der Waals surface area contributed by atoms with Crippen molar-refractivity contribution in [1.82, 2.24) is 14.7 Å². The van der Waals surface area contributed by atoms with Gasteiger partial charge in [-0.05, 0) is 62.9 Å². The Morgan fingerprint density at radius 3 is 2.33 bits per heavy atom. The first kappa shape index (κ1) is 18.9. The molecule has 27 heavy (non-hydrogen) atoms. The topological polar surface area (TPSA) is 67.2 Å². The average Bonchev–Trinajstić information content (AvgIpc) is 3.00. The molecule has 1 aromatic heterocycles. The average molecular weight is 366 g/mol. The normalized spacial score (nSPS) is 14.9. The maximum absolute atomic E-state index is 12.6. The number of aryl methyl sites for hydroxylation is 3. The number of nitrogens with zero attached hydrogens (tertiary/aromatic N) is 3. The quantitative estimate of drug-likeness (QED) is 0.845. The van der Waals surface area contributed by atoms with Gasteiger partial charge in [0, 0.05) is 30.8 Å². The van der Waals surface area contributed by atoms with Gasteiger partial charge in [0.15, 0.2) is 5.82 Å². The van der Waals surface area contributed by atoms with Gasteiger partial charge in [0.05, 0.1) is 5.69 Å². The lowest BCUT2D eigenvalue weighted by atomic mass is 9.96. The maximum atomic E-state index is 12.6. The molecule has 1 aliphatic heterocycles. The van der Waals surface area contributed by atoms with Crippen LogP contribution in [0.3, 0.4) is 0 Å². The zero-order valence-corrected chi connectivity index (χ0v) is 16.2. The zero-order chi connectivity index (χ0) is 19.6. The van der Waals surface area contributed by atoms with Crippen molar-refractivity contribution in [1.29, 1.82) is 0 Å². The molecule has 0 aliphatic carbocycles. The number of carbonyl (C=O) groups is 2. The Hall–Kier alpha value is -2.89. The van der Waals surface area contributed by atoms with Gasteiger partial charge in [0.25, 0.3) is 0 Å². The Kier molecular flexibility index (Phi) is 5.44. The molecule has 1 aromatic carbocycles. The van der Waals surface area contributed by atoms with E-state index in [-0.39, 0.29) is 17.7 Å². The summed E-state index contributed by atoms with van der Waals surface area (Å²) in [5.74, 6) is 0.342. The van der Waals surface area contributed by atoms with Gasteiger partial charge in [0.2, 0.25) is 11.8 Å². The summed E-state index contributed by atoms with van der Waals surface area (Å²) in [6, 6.07) is 8.15. The molecule has 2 amide bonds. The highest BCUT2D eigenvalue weighted by Crippen LogP contribution is 2.21. The molecule has 6 nitrogen and oxygen atoms in total. The lowest BCUT2D eigenvalue weighted by Crippen LogP contribution is -2.40. The lowest BCUT2D eigenvalue weighted by molar-refractivity contribution is -0.130. The standard InChI is InChI=1S/C21H26N4O2/c1-5-20(26)24-8-6-17(7-9-24)21(27)22-19-13-16(4)25(23-19)18-11-14(2)10-15(3)12-18/h5,10-13,17H,1,6-9H2,2-4H3,(H,22,23,27). The molecule has 0 bridgehead atoms. The van der Waals surface area contributed by atoms with Crippen molar-refractivity contribution >= 4 is 17.6 Å². The molecular weight excluding hydrogens is 340 g/mol. The zero-order valence-electron chi connectivity index (χ0n) is 16.2. The van der Waals surface area contributed by atoms with Crippen LogP contribution in [0.1, 0.15) is 29.7 Å². The van der Waals surface area contributed by atoms with E-state index < -0.39 is 0 Å². The lowest BCUT2D eigenvalue weighted by Gasteiger charge is -2.30. The minimum atomic E-state index is -0.106. The van der Waals surface area contributed by atoms with E-state index in [0.29, 0.717) is 31.7 Å². The molecule has 1 fully saturated rings. The van der Waals surface area contributed by atoms with E-state index in [4.69, 9.17) is 0 Å². The van der Waals surface area contributed by atoms with Gasteiger partial charge in [0.1, 0.15) is 0 Å². The number of aromatic nitrogens is 2. The number of hydrogen-bond acceptors (Lipinski definition) is 3. The minimum Gasteiger partial charge on any atom is -0.339 e. The van der Waals surface area contributed by atoms with Crippen molar-refractivity contribution in [3.05, 3.63) is 53.7 Å². The van der Waals surface area contributed by atoms with E-state index in [1.54, 1.807) is 4.90 Å². The molecule has 3 rings (SSSR count). The molecule has 6 heteroatoms. The van der Waals surface area contributed by atoms with Gasteiger partial charge < -0.3 is 10.2 Å². The summed E-state index contributed by atoms with van der Waals surface area (Å²) in [5, 5.41) is 7.50. The third-order valence-corrected chi connectivity index (χ3v) is 4.94. The predicted molar refractivity (Wildman–Crippen MR) is 106 cm³/mol. The van der Waals surface area contributed by atoms with Crippen LogP contribution in [0.15, 0.2) is 36.9 Å². The third kappa shape index (κ3) is 4.27. The summed E-state index contributed by atoms with van der Waals surface area (Å²) >= 11 is 0. The van der Waals surface area contributed by atoms with Gasteiger partial charge in [-0.15, -0.1) is 5.10 Å². The first-order valence-electron chi connectivity index (χ1n) is 9.25. The number of hydrogen-bond donors (Lipinski definition) is 1. The van der Waals surface area contributed by atoms with E-state index in [1.165, 1.54) is 17.2 Å². The number of piperidine rings is 1. The summed E-state index contributed by atoms with van der Waals surface area (Å²) in [5.41, 5.74) is 4.29. The monoisotopic (exact) mass is 366 g/mol. The Morgan fingerprint density at radius 1 is 1.11 bits per heavy atom. The molecule has 1 N–H and O–H groups in total. The van der Waals surface area contributed by atoms with Crippen LogP contribution in [0, 0.1) is 26.7 Å². The van der Waals surface area contributed by atoms with Gasteiger partial charge in [-0.2, -0.15) is 0 Å². The number of anilines is 1. The van der Waals surface area contributed by atoms with Crippen LogP contribution in [0.4, 0.5) is 5.82 Å². The second-order valence-electron chi connectivity index (χ2n) is 7.22. The molecule has 0 spiro atoms. The number of carbonyl (C=O) groups excluding carboxylic acids is 2. The van der Waals surface area contributed by atoms with E-state index in [9.17, 15) is 9.59 Å². The van der Waals surface area contributed by atoms with Crippen LogP contribution >= 0.6 is 0 Å². The Morgan fingerprint density at radius 2 is 1.74 bits per heavy atom. The Labute approximate surface area is 159 Å². The summed E-state index contributed by atoms with van der Waals surface area (Å²) in [6.45, 7) is 10.8. The van der Waals surface area contributed by atoms with E-state index in [1.807, 2.05) is 17.7 Å². The van der Waals surface area contributed by atoms with Crippen molar-refractivity contribution in [3.63, 3.8) is 0 Å². The number of likely N-dealkylation sites (tertiary alicyclic amines) is 1. The van der Waals surface area contributed by atoms with Crippen LogP contribution in [0.25, 0.3) is 5.69 Å². The smallest absolute Gasteiger partial charge is 0.245 e. The van der Waals surface area contributed by atoms with Crippen molar-refractivity contribution in [2.75, 3.05) is 18.4 Å². The highest BCUT2D eigenvalue weighted by molar-refractivity contribution is 5.92.